The Morgan fingerprint density at radius 1 is 1.47 bits per heavy atom. The fourth-order valence-corrected chi connectivity index (χ4v) is 1.55. The molecular weight excluding hydrogens is 242 g/mol. The number of phenols is 2. The van der Waals surface area contributed by atoms with E-state index < -0.39 is 0 Å². The molecule has 0 atom stereocenters. The summed E-state index contributed by atoms with van der Waals surface area (Å²) in [6.07, 6.45) is 1.38. The van der Waals surface area contributed by atoms with Gasteiger partial charge in [0.15, 0.2) is 5.78 Å². The molecule has 1 aromatic carbocycles. The molecular formula is C10H9N3O3S. The topological polar surface area (TPSA) is 91.1 Å². The molecule has 0 saturated heterocycles. The van der Waals surface area contributed by atoms with Crippen LogP contribution in [0, 0.1) is 4.77 Å². The summed E-state index contributed by atoms with van der Waals surface area (Å²) in [6.45, 7) is -0.0445. The van der Waals surface area contributed by atoms with Crippen molar-refractivity contribution in [3.05, 3.63) is 34.9 Å². The number of benzene rings is 1. The maximum atomic E-state index is 11.8. The van der Waals surface area contributed by atoms with Gasteiger partial charge in [-0.05, 0) is 24.4 Å². The Morgan fingerprint density at radius 2 is 2.24 bits per heavy atom. The number of ketones is 1. The first-order valence-corrected chi connectivity index (χ1v) is 5.14. The average molecular weight is 251 g/mol. The monoisotopic (exact) mass is 251 g/mol. The molecule has 0 bridgehead atoms. The van der Waals surface area contributed by atoms with Gasteiger partial charge < -0.3 is 10.2 Å². The number of H-pyrrole nitrogens is 1. The molecule has 7 heteroatoms. The van der Waals surface area contributed by atoms with Gasteiger partial charge in [-0.25, -0.2) is 4.98 Å². The predicted molar refractivity (Wildman–Crippen MR) is 61.5 cm³/mol. The second-order valence-corrected chi connectivity index (χ2v) is 3.75. The van der Waals surface area contributed by atoms with Gasteiger partial charge in [0.2, 0.25) is 4.77 Å². The fraction of sp³-hybridized carbons (Fsp3) is 0.100. The molecule has 0 spiro atoms. The highest BCUT2D eigenvalue weighted by molar-refractivity contribution is 7.71. The van der Waals surface area contributed by atoms with Crippen molar-refractivity contribution in [1.29, 1.82) is 0 Å². The number of carbonyl (C=O) groups excluding carboxylic acids is 1. The number of rotatable bonds is 3. The normalized spacial score (nSPS) is 10.4. The summed E-state index contributed by atoms with van der Waals surface area (Å²) in [7, 11) is 0. The number of hydrogen-bond donors (Lipinski definition) is 3. The number of nitrogens with zero attached hydrogens (tertiary/aromatic N) is 2. The summed E-state index contributed by atoms with van der Waals surface area (Å²) in [5.74, 6) is -0.693. The van der Waals surface area contributed by atoms with Crippen LogP contribution in [0.1, 0.15) is 10.4 Å². The second-order valence-electron chi connectivity index (χ2n) is 3.38. The molecule has 0 aliphatic carbocycles. The molecule has 0 amide bonds. The Kier molecular flexibility index (Phi) is 2.92. The van der Waals surface area contributed by atoms with Gasteiger partial charge in [0.1, 0.15) is 24.4 Å². The van der Waals surface area contributed by atoms with Crippen LogP contribution in [0.15, 0.2) is 24.5 Å². The first-order chi connectivity index (χ1) is 8.08. The first-order valence-electron chi connectivity index (χ1n) is 4.73. The molecule has 0 unspecified atom stereocenters. The standard InChI is InChI=1S/C10H9N3O3S/c14-6-1-2-7(8(15)3-6)9(16)4-13-10(17)11-5-12-13/h1-3,5,14-15H,4H2,(H,11,12,17). The lowest BCUT2D eigenvalue weighted by Gasteiger charge is -2.04. The van der Waals surface area contributed by atoms with E-state index in [0.717, 1.165) is 6.07 Å². The van der Waals surface area contributed by atoms with Gasteiger partial charge in [-0.3, -0.25) is 14.6 Å². The minimum absolute atomic E-state index is 0.0445. The van der Waals surface area contributed by atoms with Gasteiger partial charge in [-0.2, -0.15) is 0 Å². The van der Waals surface area contributed by atoms with Gasteiger partial charge in [-0.1, -0.05) is 0 Å². The number of aromatic nitrogens is 3. The minimum atomic E-state index is -0.331. The highest BCUT2D eigenvalue weighted by atomic mass is 32.1. The Bertz CT molecular complexity index is 617. The van der Waals surface area contributed by atoms with Crippen molar-refractivity contribution in [1.82, 2.24) is 14.8 Å². The Morgan fingerprint density at radius 3 is 2.82 bits per heavy atom. The smallest absolute Gasteiger partial charge is 0.216 e. The van der Waals surface area contributed by atoms with Crippen molar-refractivity contribution in [2.75, 3.05) is 0 Å². The van der Waals surface area contributed by atoms with Crippen LogP contribution in [0.5, 0.6) is 11.5 Å². The van der Waals surface area contributed by atoms with Crippen molar-refractivity contribution in [3.8, 4) is 11.5 Å². The van der Waals surface area contributed by atoms with Crippen LogP contribution in [0.4, 0.5) is 0 Å². The molecule has 88 valence electrons. The average Bonchev–Trinajstić information content (AvgIpc) is 2.64. The molecule has 17 heavy (non-hydrogen) atoms. The van der Waals surface area contributed by atoms with E-state index in [9.17, 15) is 9.90 Å². The number of hydrogen-bond acceptors (Lipinski definition) is 5. The van der Waals surface area contributed by atoms with Crippen LogP contribution in [-0.2, 0) is 6.54 Å². The van der Waals surface area contributed by atoms with Gasteiger partial charge in [0, 0.05) is 6.07 Å². The largest absolute Gasteiger partial charge is 0.508 e. The molecule has 0 aliphatic heterocycles. The lowest BCUT2D eigenvalue weighted by molar-refractivity contribution is 0.0964. The van der Waals surface area contributed by atoms with E-state index in [1.54, 1.807) is 0 Å². The minimum Gasteiger partial charge on any atom is -0.508 e. The molecule has 1 aromatic heterocycles. The Balaban J connectivity index is 2.26. The molecule has 2 rings (SSSR count). The third-order valence-corrected chi connectivity index (χ3v) is 2.53. The lowest BCUT2D eigenvalue weighted by atomic mass is 10.1. The number of nitrogens with one attached hydrogen (secondary N) is 1. The zero-order valence-electron chi connectivity index (χ0n) is 8.62. The van der Waals surface area contributed by atoms with Crippen LogP contribution in [0.25, 0.3) is 0 Å². The molecule has 0 radical (unpaired) electrons. The zero-order chi connectivity index (χ0) is 12.4. The van der Waals surface area contributed by atoms with E-state index in [1.165, 1.54) is 23.1 Å². The number of Topliss-reactive ketones (excluding diaryl/α,β-unsaturated/α-hetero) is 1. The van der Waals surface area contributed by atoms with Crippen LogP contribution in [0.2, 0.25) is 0 Å². The van der Waals surface area contributed by atoms with Gasteiger partial charge in [0.05, 0.1) is 5.56 Å². The van der Waals surface area contributed by atoms with E-state index in [1.807, 2.05) is 0 Å². The van der Waals surface area contributed by atoms with Crippen LogP contribution < -0.4 is 0 Å². The van der Waals surface area contributed by atoms with Crippen LogP contribution in [-0.4, -0.2) is 30.8 Å². The van der Waals surface area contributed by atoms with Gasteiger partial charge in [0.25, 0.3) is 0 Å². The van der Waals surface area contributed by atoms with E-state index in [-0.39, 0.29) is 34.2 Å². The number of aromatic amines is 1. The zero-order valence-corrected chi connectivity index (χ0v) is 9.44. The van der Waals surface area contributed by atoms with Crippen molar-refractivity contribution < 1.29 is 15.0 Å². The van der Waals surface area contributed by atoms with Gasteiger partial charge >= 0.3 is 0 Å². The summed E-state index contributed by atoms with van der Waals surface area (Å²) >= 11 is 4.87. The van der Waals surface area contributed by atoms with Gasteiger partial charge in [-0.15, -0.1) is 0 Å². The molecule has 0 fully saturated rings. The third-order valence-electron chi connectivity index (χ3n) is 2.20. The van der Waals surface area contributed by atoms with Crippen molar-refractivity contribution in [2.45, 2.75) is 6.54 Å². The maximum absolute atomic E-state index is 11.8. The molecule has 0 aliphatic rings. The van der Waals surface area contributed by atoms with Crippen molar-refractivity contribution >= 4 is 18.0 Å². The fourth-order valence-electron chi connectivity index (χ4n) is 1.38. The van der Waals surface area contributed by atoms with E-state index in [0.29, 0.717) is 0 Å². The highest BCUT2D eigenvalue weighted by Crippen LogP contribution is 2.23. The van der Waals surface area contributed by atoms with Crippen LogP contribution >= 0.6 is 12.2 Å². The summed E-state index contributed by atoms with van der Waals surface area (Å²) in [5, 5.41) is 21.3. The number of aromatic hydroxyl groups is 2. The number of carbonyl (C=O) groups is 1. The predicted octanol–water partition coefficient (Wildman–Crippen LogP) is 1.23. The van der Waals surface area contributed by atoms with E-state index in [2.05, 4.69) is 10.1 Å². The third kappa shape index (κ3) is 2.34. The molecule has 6 nitrogen and oxygen atoms in total. The Labute approximate surface area is 101 Å². The second kappa shape index (κ2) is 4.38. The quantitative estimate of drug-likeness (QED) is 0.564. The molecule has 1 heterocycles. The van der Waals surface area contributed by atoms with E-state index >= 15 is 0 Å². The highest BCUT2D eigenvalue weighted by Gasteiger charge is 2.12. The van der Waals surface area contributed by atoms with Crippen molar-refractivity contribution in [3.63, 3.8) is 0 Å². The summed E-state index contributed by atoms with van der Waals surface area (Å²) in [4.78, 5) is 15.6. The summed E-state index contributed by atoms with van der Waals surface area (Å²) in [5.41, 5.74) is 0.124. The van der Waals surface area contributed by atoms with E-state index in [4.69, 9.17) is 17.3 Å². The van der Waals surface area contributed by atoms with Crippen molar-refractivity contribution in [2.24, 2.45) is 0 Å². The summed E-state index contributed by atoms with van der Waals surface area (Å²) < 4.78 is 1.64. The first kappa shape index (κ1) is 11.3. The molecule has 3 N–H and O–H groups in total. The SMILES string of the molecule is O=C(Cn1[nH]cnc1=S)c1ccc(O)cc1O. The number of phenolic OH excluding ortho intramolecular Hbond substituents is 2. The molecule has 2 aromatic rings. The molecule has 0 saturated carbocycles. The lowest BCUT2D eigenvalue weighted by Crippen LogP contribution is -2.11. The maximum Gasteiger partial charge on any atom is 0.216 e. The van der Waals surface area contributed by atoms with Crippen LogP contribution in [0.3, 0.4) is 0 Å². The summed E-state index contributed by atoms with van der Waals surface area (Å²) in [6, 6.07) is 3.80. The Hall–Kier alpha value is -2.15.